The Morgan fingerprint density at radius 3 is 2.75 bits per heavy atom. The number of piperidine rings is 1. The number of aromatic nitrogens is 2. The lowest BCUT2D eigenvalue weighted by Gasteiger charge is -2.31. The Bertz CT molecular complexity index is 1130. The number of carbonyl (C=O) groups excluding carboxylic acids is 2. The quantitative estimate of drug-likeness (QED) is 0.620. The number of hydrogen-bond donors (Lipinski definition) is 1. The molecular weight excluding hydrogens is 426 g/mol. The third-order valence-corrected chi connectivity index (χ3v) is 5.96. The van der Waals surface area contributed by atoms with Gasteiger partial charge in [0.15, 0.2) is 0 Å². The molecule has 1 saturated heterocycles. The molecule has 1 aromatic heterocycles. The first kappa shape index (κ1) is 21.5. The average Bonchev–Trinajstić information content (AvgIpc) is 3.35. The maximum Gasteiger partial charge on any atom is 0.253 e. The van der Waals surface area contributed by atoms with E-state index in [1.165, 1.54) is 11.3 Å². The Labute approximate surface area is 189 Å². The molecule has 32 heavy (non-hydrogen) atoms. The maximum atomic E-state index is 13.0. The molecule has 0 radical (unpaired) electrons. The normalized spacial score (nSPS) is 13.9. The van der Waals surface area contributed by atoms with Crippen molar-refractivity contribution in [2.45, 2.75) is 19.4 Å². The average molecular weight is 448 g/mol. The van der Waals surface area contributed by atoms with Gasteiger partial charge in [0.25, 0.3) is 5.91 Å². The first-order chi connectivity index (χ1) is 15.6. The van der Waals surface area contributed by atoms with Crippen LogP contribution >= 0.6 is 11.3 Å². The van der Waals surface area contributed by atoms with Crippen LogP contribution in [-0.4, -0.2) is 40.0 Å². The van der Waals surface area contributed by atoms with Crippen LogP contribution in [0.2, 0.25) is 0 Å². The number of hydrogen-bond acceptors (Lipinski definition) is 7. The predicted octanol–water partition coefficient (Wildman–Crippen LogP) is 3.48. The minimum Gasteiger partial charge on any atom is -0.489 e. The second kappa shape index (κ2) is 10.0. The fourth-order valence-electron chi connectivity index (χ4n) is 3.60. The van der Waals surface area contributed by atoms with Crippen molar-refractivity contribution in [3.05, 3.63) is 70.7 Å². The molecule has 0 spiro atoms. The number of nitrogens with zero attached hydrogens (tertiary/aromatic N) is 4. The molecule has 0 atom stereocenters. The van der Waals surface area contributed by atoms with Crippen LogP contribution in [0, 0.1) is 17.2 Å². The van der Waals surface area contributed by atoms with Crippen LogP contribution < -0.4 is 10.1 Å². The van der Waals surface area contributed by atoms with Crippen LogP contribution in [0.3, 0.4) is 0 Å². The van der Waals surface area contributed by atoms with E-state index in [4.69, 9.17) is 4.74 Å². The number of anilines is 1. The summed E-state index contributed by atoms with van der Waals surface area (Å²) in [5.41, 5.74) is 3.46. The van der Waals surface area contributed by atoms with Crippen LogP contribution in [0.25, 0.3) is 0 Å². The number of rotatable bonds is 6. The van der Waals surface area contributed by atoms with Gasteiger partial charge >= 0.3 is 0 Å². The highest BCUT2D eigenvalue weighted by Gasteiger charge is 2.28. The lowest BCUT2D eigenvalue weighted by molar-refractivity contribution is -0.121. The summed E-state index contributed by atoms with van der Waals surface area (Å²) < 4.78 is 5.83. The molecule has 2 aromatic carbocycles. The standard InChI is InChI=1S/C23H21N5O3S/c24-13-18-4-1-2-5-19(18)14-31-20-7-3-6-17(12-20)22(30)28-10-8-16(9-11-28)21(29)26-23-27-25-15-32-23/h1-7,12,15-16H,8-11,14H2,(H,26,27,29). The van der Waals surface area contributed by atoms with Crippen molar-refractivity contribution in [3.63, 3.8) is 0 Å². The summed E-state index contributed by atoms with van der Waals surface area (Å²) in [5, 5.41) is 20.0. The van der Waals surface area contributed by atoms with Gasteiger partial charge in [0.1, 0.15) is 17.9 Å². The highest BCUT2D eigenvalue weighted by atomic mass is 32.1. The van der Waals surface area contributed by atoms with Crippen molar-refractivity contribution in [2.24, 2.45) is 5.92 Å². The molecular formula is C23H21N5O3S. The lowest BCUT2D eigenvalue weighted by atomic mass is 9.95. The van der Waals surface area contributed by atoms with Gasteiger partial charge in [0.05, 0.1) is 11.6 Å². The van der Waals surface area contributed by atoms with E-state index in [1.54, 1.807) is 40.7 Å². The first-order valence-corrected chi connectivity index (χ1v) is 11.1. The summed E-state index contributed by atoms with van der Waals surface area (Å²) in [7, 11) is 0. The van der Waals surface area contributed by atoms with E-state index < -0.39 is 0 Å². The van der Waals surface area contributed by atoms with Crippen molar-refractivity contribution >= 4 is 28.3 Å². The number of ether oxygens (including phenoxy) is 1. The van der Waals surface area contributed by atoms with Crippen LogP contribution in [0.5, 0.6) is 5.75 Å². The van der Waals surface area contributed by atoms with E-state index in [2.05, 4.69) is 21.6 Å². The Hall–Kier alpha value is -3.77. The van der Waals surface area contributed by atoms with Gasteiger partial charge in [-0.25, -0.2) is 0 Å². The Balaban J connectivity index is 1.33. The Kier molecular flexibility index (Phi) is 6.72. The summed E-state index contributed by atoms with van der Waals surface area (Å²) in [6.45, 7) is 1.26. The number of nitrogens with one attached hydrogen (secondary N) is 1. The molecule has 1 aliphatic rings. The SMILES string of the molecule is N#Cc1ccccc1COc1cccc(C(=O)N2CCC(C(=O)Nc3nncs3)CC2)c1. The molecule has 9 heteroatoms. The number of benzene rings is 2. The van der Waals surface area contributed by atoms with Crippen LogP contribution in [-0.2, 0) is 11.4 Å². The molecule has 8 nitrogen and oxygen atoms in total. The minimum atomic E-state index is -0.155. The minimum absolute atomic E-state index is 0.0816. The molecule has 0 saturated carbocycles. The van der Waals surface area contributed by atoms with Crippen LogP contribution in [0.1, 0.15) is 34.3 Å². The molecule has 4 rings (SSSR count). The predicted molar refractivity (Wildman–Crippen MR) is 119 cm³/mol. The van der Waals surface area contributed by atoms with E-state index in [9.17, 15) is 14.9 Å². The zero-order valence-electron chi connectivity index (χ0n) is 17.2. The summed E-state index contributed by atoms with van der Waals surface area (Å²) in [4.78, 5) is 27.1. The lowest BCUT2D eigenvalue weighted by Crippen LogP contribution is -2.41. The van der Waals surface area contributed by atoms with Crippen molar-refractivity contribution in [1.29, 1.82) is 5.26 Å². The van der Waals surface area contributed by atoms with Crippen LogP contribution in [0.15, 0.2) is 54.0 Å². The molecule has 162 valence electrons. The monoisotopic (exact) mass is 447 g/mol. The number of carbonyl (C=O) groups is 2. The summed E-state index contributed by atoms with van der Waals surface area (Å²) in [5.74, 6) is 0.241. The van der Waals surface area contributed by atoms with Gasteiger partial charge in [-0.1, -0.05) is 35.6 Å². The second-order valence-electron chi connectivity index (χ2n) is 7.39. The van der Waals surface area contributed by atoms with Gasteiger partial charge in [-0.3, -0.25) is 9.59 Å². The smallest absolute Gasteiger partial charge is 0.253 e. The first-order valence-electron chi connectivity index (χ1n) is 10.2. The molecule has 2 heterocycles. The van der Waals surface area contributed by atoms with Gasteiger partial charge in [-0.2, -0.15) is 5.26 Å². The van der Waals surface area contributed by atoms with Gasteiger partial charge in [-0.05, 0) is 37.1 Å². The van der Waals surface area contributed by atoms with Crippen molar-refractivity contribution in [2.75, 3.05) is 18.4 Å². The molecule has 0 aliphatic carbocycles. The van der Waals surface area contributed by atoms with Crippen molar-refractivity contribution in [3.8, 4) is 11.8 Å². The highest BCUT2D eigenvalue weighted by molar-refractivity contribution is 7.13. The molecule has 0 bridgehead atoms. The Morgan fingerprint density at radius 1 is 1.19 bits per heavy atom. The number of amides is 2. The second-order valence-corrected chi connectivity index (χ2v) is 8.22. The zero-order chi connectivity index (χ0) is 22.3. The number of nitriles is 1. The topological polar surface area (TPSA) is 108 Å². The third kappa shape index (κ3) is 5.10. The summed E-state index contributed by atoms with van der Waals surface area (Å²) in [6, 6.07) is 16.5. The molecule has 3 aromatic rings. The fraction of sp³-hybridized carbons (Fsp3) is 0.261. The third-order valence-electron chi connectivity index (χ3n) is 5.36. The van der Waals surface area contributed by atoms with E-state index in [1.807, 2.05) is 18.2 Å². The van der Waals surface area contributed by atoms with E-state index in [0.29, 0.717) is 47.9 Å². The van der Waals surface area contributed by atoms with Crippen molar-refractivity contribution < 1.29 is 14.3 Å². The number of likely N-dealkylation sites (tertiary alicyclic amines) is 1. The van der Waals surface area contributed by atoms with E-state index >= 15 is 0 Å². The van der Waals surface area contributed by atoms with Crippen molar-refractivity contribution in [1.82, 2.24) is 15.1 Å². The molecule has 1 fully saturated rings. The van der Waals surface area contributed by atoms with Gasteiger partial charge < -0.3 is 15.0 Å². The maximum absolute atomic E-state index is 13.0. The fourth-order valence-corrected chi connectivity index (χ4v) is 4.05. The molecule has 2 amide bonds. The summed E-state index contributed by atoms with van der Waals surface area (Å²) in [6.07, 6.45) is 1.19. The molecule has 1 N–H and O–H groups in total. The largest absolute Gasteiger partial charge is 0.489 e. The molecule has 1 aliphatic heterocycles. The highest BCUT2D eigenvalue weighted by Crippen LogP contribution is 2.23. The summed E-state index contributed by atoms with van der Waals surface area (Å²) >= 11 is 1.28. The van der Waals surface area contributed by atoms with E-state index in [0.717, 1.165) is 5.56 Å². The van der Waals surface area contributed by atoms with Gasteiger partial charge in [0, 0.05) is 30.1 Å². The zero-order valence-corrected chi connectivity index (χ0v) is 18.0. The van der Waals surface area contributed by atoms with Crippen LogP contribution in [0.4, 0.5) is 5.13 Å². The Morgan fingerprint density at radius 2 is 2.00 bits per heavy atom. The van der Waals surface area contributed by atoms with Gasteiger partial charge in [0.2, 0.25) is 11.0 Å². The molecule has 0 unspecified atom stereocenters. The van der Waals surface area contributed by atoms with E-state index in [-0.39, 0.29) is 24.3 Å². The van der Waals surface area contributed by atoms with Gasteiger partial charge in [-0.15, -0.1) is 10.2 Å².